The van der Waals surface area contributed by atoms with E-state index in [2.05, 4.69) is 39.8 Å². The molecule has 1 amide bonds. The third kappa shape index (κ3) is 1.87. The van der Waals surface area contributed by atoms with Gasteiger partial charge in [-0.1, -0.05) is 29.8 Å². The summed E-state index contributed by atoms with van der Waals surface area (Å²) < 4.78 is 4.67. The van der Waals surface area contributed by atoms with Gasteiger partial charge in [0.15, 0.2) is 0 Å². The Bertz CT molecular complexity index is 625. The van der Waals surface area contributed by atoms with Crippen LogP contribution in [0.5, 0.6) is 0 Å². The van der Waals surface area contributed by atoms with Crippen LogP contribution in [-0.2, 0) is 9.53 Å². The molecule has 3 saturated carbocycles. The van der Waals surface area contributed by atoms with Gasteiger partial charge in [-0.2, -0.15) is 0 Å². The van der Waals surface area contributed by atoms with E-state index >= 15 is 0 Å². The fourth-order valence-corrected chi connectivity index (χ4v) is 6.18. The number of methoxy groups -OCH3 is 1. The normalized spacial score (nSPS) is 31.3. The molecule has 22 heavy (non-hydrogen) atoms. The summed E-state index contributed by atoms with van der Waals surface area (Å²) in [6.45, 7) is 4.37. The van der Waals surface area contributed by atoms with Crippen LogP contribution < -0.4 is 5.32 Å². The Morgan fingerprint density at radius 3 is 2.36 bits per heavy atom. The highest BCUT2D eigenvalue weighted by Crippen LogP contribution is 2.73. The summed E-state index contributed by atoms with van der Waals surface area (Å²) >= 11 is 3.72. The van der Waals surface area contributed by atoms with Crippen LogP contribution in [0, 0.1) is 16.7 Å². The van der Waals surface area contributed by atoms with Crippen molar-refractivity contribution in [2.24, 2.45) is 16.7 Å². The molecular weight excluding hydrogens is 346 g/mol. The topological polar surface area (TPSA) is 55.4 Å². The first-order chi connectivity index (χ1) is 10.3. The summed E-state index contributed by atoms with van der Waals surface area (Å²) in [6, 6.07) is 6.80. The van der Waals surface area contributed by atoms with E-state index in [0.29, 0.717) is 17.2 Å². The van der Waals surface area contributed by atoms with Gasteiger partial charge in [0.25, 0.3) is 0 Å². The maximum Gasteiger partial charge on any atom is 0.337 e. The molecule has 4 nitrogen and oxygen atoms in total. The largest absolute Gasteiger partial charge is 0.465 e. The molecule has 0 aromatic heterocycles. The second-order valence-corrected chi connectivity index (χ2v) is 7.75. The molecule has 3 atom stereocenters. The molecule has 1 aromatic rings. The molecule has 3 aliphatic carbocycles. The molecule has 5 heteroatoms. The van der Waals surface area contributed by atoms with Gasteiger partial charge >= 0.3 is 5.97 Å². The lowest BCUT2D eigenvalue weighted by molar-refractivity contribution is -0.142. The summed E-state index contributed by atoms with van der Waals surface area (Å²) in [5.41, 5.74) is 0.871. The smallest absolute Gasteiger partial charge is 0.337 e. The highest BCUT2D eigenvalue weighted by molar-refractivity contribution is 9.09. The van der Waals surface area contributed by atoms with Crippen molar-refractivity contribution in [1.29, 1.82) is 0 Å². The van der Waals surface area contributed by atoms with Gasteiger partial charge in [-0.15, -0.1) is 0 Å². The van der Waals surface area contributed by atoms with Gasteiger partial charge in [-0.05, 0) is 48.4 Å². The van der Waals surface area contributed by atoms with Crippen LogP contribution >= 0.6 is 15.9 Å². The van der Waals surface area contributed by atoms with Crippen LogP contribution in [0.2, 0.25) is 0 Å². The molecule has 4 rings (SSSR count). The van der Waals surface area contributed by atoms with Crippen LogP contribution in [0.4, 0.5) is 5.69 Å². The summed E-state index contributed by atoms with van der Waals surface area (Å²) in [6.07, 6.45) is 2.02. The fraction of sp³-hybridized carbons (Fsp3) is 0.529. The number of hydrogen-bond acceptors (Lipinski definition) is 3. The van der Waals surface area contributed by atoms with Gasteiger partial charge in [0.05, 0.1) is 18.1 Å². The van der Waals surface area contributed by atoms with E-state index in [-0.39, 0.29) is 27.5 Å². The molecule has 1 aromatic carbocycles. The van der Waals surface area contributed by atoms with Gasteiger partial charge in [0, 0.05) is 10.5 Å². The molecular formula is C17H20BrNO3. The minimum absolute atomic E-state index is 0.0250. The molecule has 0 heterocycles. The SMILES string of the molecule is COC(=O)c1ccc(NC(=O)[C@]23CC[C@H]([C@H]2Br)C3(C)C)cc1. The molecule has 3 fully saturated rings. The zero-order chi connectivity index (χ0) is 16.1. The predicted octanol–water partition coefficient (Wildman–Crippen LogP) is 3.61. The lowest BCUT2D eigenvalue weighted by atomic mass is 9.50. The number of anilines is 1. The summed E-state index contributed by atoms with van der Waals surface area (Å²) in [4.78, 5) is 24.5. The number of halogens is 1. The molecule has 2 bridgehead atoms. The second kappa shape index (κ2) is 5.08. The first-order valence-corrected chi connectivity index (χ1v) is 8.40. The van der Waals surface area contributed by atoms with Gasteiger partial charge in [0.1, 0.15) is 0 Å². The van der Waals surface area contributed by atoms with E-state index in [1.54, 1.807) is 24.3 Å². The average molecular weight is 366 g/mol. The summed E-state index contributed by atoms with van der Waals surface area (Å²) in [5.74, 6) is 0.259. The van der Waals surface area contributed by atoms with Gasteiger partial charge < -0.3 is 10.1 Å². The quantitative estimate of drug-likeness (QED) is 0.657. The summed E-state index contributed by atoms with van der Waals surface area (Å²) in [7, 11) is 1.35. The molecule has 0 spiro atoms. The predicted molar refractivity (Wildman–Crippen MR) is 88.1 cm³/mol. The van der Waals surface area contributed by atoms with Crippen molar-refractivity contribution < 1.29 is 14.3 Å². The number of ether oxygens (including phenoxy) is 1. The Hall–Kier alpha value is -1.36. The molecule has 3 aliphatic rings. The number of alkyl halides is 1. The van der Waals surface area contributed by atoms with Crippen LogP contribution in [-0.4, -0.2) is 23.8 Å². The van der Waals surface area contributed by atoms with E-state index < -0.39 is 0 Å². The zero-order valence-electron chi connectivity index (χ0n) is 13.0. The third-order valence-electron chi connectivity index (χ3n) is 5.72. The zero-order valence-corrected chi connectivity index (χ0v) is 14.6. The number of nitrogens with one attached hydrogen (secondary N) is 1. The molecule has 118 valence electrons. The first-order valence-electron chi connectivity index (χ1n) is 7.48. The molecule has 0 aliphatic heterocycles. The van der Waals surface area contributed by atoms with Gasteiger partial charge in [0.2, 0.25) is 5.91 Å². The number of hydrogen-bond donors (Lipinski definition) is 1. The van der Waals surface area contributed by atoms with E-state index in [4.69, 9.17) is 0 Å². The average Bonchev–Trinajstić information content (AvgIpc) is 3.01. The van der Waals surface area contributed by atoms with Crippen molar-refractivity contribution >= 4 is 33.5 Å². The van der Waals surface area contributed by atoms with Crippen LogP contribution in [0.3, 0.4) is 0 Å². The number of carbonyl (C=O) groups is 2. The third-order valence-corrected chi connectivity index (χ3v) is 7.14. The molecule has 0 unspecified atom stereocenters. The standard InChI is InChI=1S/C17H20BrNO3/c1-16(2)12-8-9-17(16,13(12)18)15(21)19-11-6-4-10(5-7-11)14(20)22-3/h4-7,12-13H,8-9H2,1-3H3,(H,19,21)/t12-,13-,17+/m1/s1. The number of rotatable bonds is 3. The highest BCUT2D eigenvalue weighted by atomic mass is 79.9. The first kappa shape index (κ1) is 15.5. The minimum Gasteiger partial charge on any atom is -0.465 e. The molecule has 0 saturated heterocycles. The van der Waals surface area contributed by atoms with E-state index in [1.165, 1.54) is 7.11 Å². The number of amides is 1. The number of benzene rings is 1. The van der Waals surface area contributed by atoms with Crippen LogP contribution in [0.25, 0.3) is 0 Å². The fourth-order valence-electron chi connectivity index (χ4n) is 4.23. The van der Waals surface area contributed by atoms with Crippen molar-refractivity contribution in [3.05, 3.63) is 29.8 Å². The Morgan fingerprint density at radius 2 is 1.91 bits per heavy atom. The van der Waals surface area contributed by atoms with E-state index in [0.717, 1.165) is 12.8 Å². The summed E-state index contributed by atoms with van der Waals surface area (Å²) in [5, 5.41) is 3.01. The lowest BCUT2D eigenvalue weighted by Gasteiger charge is -2.57. The lowest BCUT2D eigenvalue weighted by Crippen LogP contribution is -2.63. The van der Waals surface area contributed by atoms with Crippen molar-refractivity contribution in [3.8, 4) is 0 Å². The van der Waals surface area contributed by atoms with E-state index in [1.807, 2.05) is 0 Å². The second-order valence-electron chi connectivity index (χ2n) is 6.76. The van der Waals surface area contributed by atoms with Crippen molar-refractivity contribution in [1.82, 2.24) is 0 Å². The maximum atomic E-state index is 12.8. The number of fused-ring (bicyclic) bond motifs is 1. The Labute approximate surface area is 138 Å². The van der Waals surface area contributed by atoms with Gasteiger partial charge in [-0.3, -0.25) is 4.79 Å². The van der Waals surface area contributed by atoms with Crippen molar-refractivity contribution in [3.63, 3.8) is 0 Å². The Balaban J connectivity index is 1.77. The highest BCUT2D eigenvalue weighted by Gasteiger charge is 2.73. The van der Waals surface area contributed by atoms with Crippen LogP contribution in [0.15, 0.2) is 24.3 Å². The minimum atomic E-state index is -0.379. The molecule has 1 N–H and O–H groups in total. The monoisotopic (exact) mass is 365 g/mol. The Morgan fingerprint density at radius 1 is 1.27 bits per heavy atom. The van der Waals surface area contributed by atoms with E-state index in [9.17, 15) is 9.59 Å². The molecule has 0 radical (unpaired) electrons. The van der Waals surface area contributed by atoms with Crippen molar-refractivity contribution in [2.45, 2.75) is 31.5 Å². The maximum absolute atomic E-state index is 12.8. The number of esters is 1. The van der Waals surface area contributed by atoms with Gasteiger partial charge in [-0.25, -0.2) is 4.79 Å². The van der Waals surface area contributed by atoms with Crippen molar-refractivity contribution in [2.75, 3.05) is 12.4 Å². The Kier molecular flexibility index (Phi) is 3.59. The van der Waals surface area contributed by atoms with Crippen LogP contribution in [0.1, 0.15) is 37.0 Å². The number of carbonyl (C=O) groups excluding carboxylic acids is 2.